The van der Waals surface area contributed by atoms with Crippen molar-refractivity contribution in [2.24, 2.45) is 18.9 Å². The molecule has 0 bridgehead atoms. The molecule has 1 heterocycles. The highest BCUT2D eigenvalue weighted by Gasteiger charge is 2.36. The van der Waals surface area contributed by atoms with E-state index in [2.05, 4.69) is 11.9 Å². The molecule has 0 aliphatic heterocycles. The predicted octanol–water partition coefficient (Wildman–Crippen LogP) is 7.82. The first-order chi connectivity index (χ1) is 19.8. The molecule has 1 aliphatic rings. The molecule has 1 saturated carbocycles. The maximum absolute atomic E-state index is 14.0. The van der Waals surface area contributed by atoms with Crippen molar-refractivity contribution in [2.45, 2.75) is 79.1 Å². The van der Waals surface area contributed by atoms with E-state index < -0.39 is 23.5 Å². The van der Waals surface area contributed by atoms with E-state index in [0.29, 0.717) is 17.3 Å². The minimum absolute atomic E-state index is 0.104. The van der Waals surface area contributed by atoms with Crippen molar-refractivity contribution in [3.05, 3.63) is 47.3 Å². The number of carbonyl (C=O) groups excluding carboxylic acids is 1. The number of imidazole rings is 1. The third kappa shape index (κ3) is 7.06. The fourth-order valence-electron chi connectivity index (χ4n) is 5.28. The SMILES string of the molecule is CC.COCc1nc2cc(C(F)(F)F)c(Oc3ccc(N(C(=O)C4CCC(C)CC4)C(C)C)c(C(=O)O)c3)cc2n1C. The number of hydrogen-bond donors (Lipinski definition) is 1. The minimum Gasteiger partial charge on any atom is -0.478 e. The van der Waals surface area contributed by atoms with Crippen LogP contribution in [-0.4, -0.2) is 39.7 Å². The van der Waals surface area contributed by atoms with Crippen molar-refractivity contribution in [3.8, 4) is 11.5 Å². The van der Waals surface area contributed by atoms with Crippen LogP contribution in [0, 0.1) is 11.8 Å². The van der Waals surface area contributed by atoms with Crippen LogP contribution >= 0.6 is 0 Å². The molecule has 1 fully saturated rings. The van der Waals surface area contributed by atoms with E-state index >= 15 is 0 Å². The van der Waals surface area contributed by atoms with Crippen LogP contribution in [0.4, 0.5) is 18.9 Å². The number of carboxylic acid groups (broad SMARTS) is 1. The molecule has 0 atom stereocenters. The number of aryl methyl sites for hydroxylation is 1. The van der Waals surface area contributed by atoms with Gasteiger partial charge in [0.2, 0.25) is 5.91 Å². The Balaban J connectivity index is 0.00000237. The summed E-state index contributed by atoms with van der Waals surface area (Å²) in [5.41, 5.74) is -0.585. The molecule has 42 heavy (non-hydrogen) atoms. The molecule has 2 aromatic carbocycles. The third-order valence-electron chi connectivity index (χ3n) is 7.46. The molecule has 1 N–H and O–H groups in total. The zero-order valence-corrected chi connectivity index (χ0v) is 25.2. The van der Waals surface area contributed by atoms with E-state index in [0.717, 1.165) is 37.8 Å². The summed E-state index contributed by atoms with van der Waals surface area (Å²) in [6.45, 7) is 9.86. The summed E-state index contributed by atoms with van der Waals surface area (Å²) in [5.74, 6) is -1.30. The van der Waals surface area contributed by atoms with Gasteiger partial charge < -0.3 is 24.0 Å². The summed E-state index contributed by atoms with van der Waals surface area (Å²) in [7, 11) is 3.12. The molecule has 8 nitrogen and oxygen atoms in total. The number of benzene rings is 2. The van der Waals surface area contributed by atoms with Gasteiger partial charge in [0.25, 0.3) is 0 Å². The van der Waals surface area contributed by atoms with Gasteiger partial charge in [-0.05, 0) is 69.7 Å². The van der Waals surface area contributed by atoms with Gasteiger partial charge in [0, 0.05) is 32.2 Å². The Morgan fingerprint density at radius 2 is 1.76 bits per heavy atom. The number of hydrogen-bond acceptors (Lipinski definition) is 5. The highest BCUT2D eigenvalue weighted by Crippen LogP contribution is 2.41. The van der Waals surface area contributed by atoms with Crippen molar-refractivity contribution in [3.63, 3.8) is 0 Å². The minimum atomic E-state index is -4.75. The van der Waals surface area contributed by atoms with Crippen LogP contribution in [0.5, 0.6) is 11.5 Å². The summed E-state index contributed by atoms with van der Waals surface area (Å²) >= 11 is 0. The maximum Gasteiger partial charge on any atom is 0.420 e. The molecule has 11 heteroatoms. The number of nitrogens with zero attached hydrogens (tertiary/aromatic N) is 3. The Morgan fingerprint density at radius 3 is 2.31 bits per heavy atom. The van der Waals surface area contributed by atoms with Gasteiger partial charge in [-0.15, -0.1) is 0 Å². The molecule has 4 rings (SSSR count). The lowest BCUT2D eigenvalue weighted by Crippen LogP contribution is -2.42. The van der Waals surface area contributed by atoms with E-state index in [1.54, 1.807) is 25.5 Å². The number of aromatic carboxylic acids is 1. The summed E-state index contributed by atoms with van der Waals surface area (Å²) in [6.07, 6.45) is -1.44. The van der Waals surface area contributed by atoms with Crippen LogP contribution in [0.1, 0.15) is 82.0 Å². The second-order valence-electron chi connectivity index (χ2n) is 10.7. The van der Waals surface area contributed by atoms with Crippen LogP contribution in [0.3, 0.4) is 0 Å². The largest absolute Gasteiger partial charge is 0.478 e. The van der Waals surface area contributed by atoms with Gasteiger partial charge in [-0.2, -0.15) is 13.2 Å². The van der Waals surface area contributed by atoms with Crippen molar-refractivity contribution < 1.29 is 37.3 Å². The molecule has 0 radical (unpaired) electrons. The highest BCUT2D eigenvalue weighted by atomic mass is 19.4. The average molecular weight is 592 g/mol. The van der Waals surface area contributed by atoms with Gasteiger partial charge in [0.05, 0.1) is 22.3 Å². The second kappa shape index (κ2) is 13.6. The number of rotatable bonds is 8. The molecule has 0 saturated heterocycles. The molecular weight excluding hydrogens is 551 g/mol. The summed E-state index contributed by atoms with van der Waals surface area (Å²) in [5, 5.41) is 10.0. The topological polar surface area (TPSA) is 93.9 Å². The molecule has 1 amide bonds. The molecular formula is C31H40F3N3O5. The molecule has 3 aromatic rings. The Hall–Kier alpha value is -3.60. The molecule has 0 spiro atoms. The van der Waals surface area contributed by atoms with Crippen LogP contribution in [0.2, 0.25) is 0 Å². The maximum atomic E-state index is 14.0. The third-order valence-corrected chi connectivity index (χ3v) is 7.46. The van der Waals surface area contributed by atoms with E-state index in [4.69, 9.17) is 9.47 Å². The lowest BCUT2D eigenvalue weighted by atomic mass is 9.82. The Morgan fingerprint density at radius 1 is 1.12 bits per heavy atom. The van der Waals surface area contributed by atoms with Gasteiger partial charge in [0.1, 0.15) is 29.5 Å². The van der Waals surface area contributed by atoms with Gasteiger partial charge >= 0.3 is 12.1 Å². The van der Waals surface area contributed by atoms with Crippen LogP contribution in [-0.2, 0) is 29.4 Å². The first-order valence-electron chi connectivity index (χ1n) is 14.3. The molecule has 1 aromatic heterocycles. The number of anilines is 1. The van der Waals surface area contributed by atoms with E-state index in [9.17, 15) is 27.9 Å². The number of carboxylic acids is 1. The number of halogens is 3. The van der Waals surface area contributed by atoms with Crippen LogP contribution in [0.25, 0.3) is 11.0 Å². The highest BCUT2D eigenvalue weighted by molar-refractivity contribution is 6.03. The first kappa shape index (κ1) is 32.9. The summed E-state index contributed by atoms with van der Waals surface area (Å²) < 4.78 is 54.4. The number of alkyl halides is 3. The number of methoxy groups -OCH3 is 1. The van der Waals surface area contributed by atoms with Crippen molar-refractivity contribution >= 4 is 28.6 Å². The Labute approximate surface area is 244 Å². The van der Waals surface area contributed by atoms with Crippen molar-refractivity contribution in [2.75, 3.05) is 12.0 Å². The zero-order chi connectivity index (χ0) is 31.4. The fourth-order valence-corrected chi connectivity index (χ4v) is 5.28. The Kier molecular flexibility index (Phi) is 10.6. The van der Waals surface area contributed by atoms with E-state index in [1.807, 2.05) is 13.8 Å². The normalized spacial score (nSPS) is 17.1. The smallest absolute Gasteiger partial charge is 0.420 e. The summed E-state index contributed by atoms with van der Waals surface area (Å²) in [4.78, 5) is 31.5. The predicted molar refractivity (Wildman–Crippen MR) is 155 cm³/mol. The molecule has 1 aliphatic carbocycles. The van der Waals surface area contributed by atoms with Crippen LogP contribution < -0.4 is 9.64 Å². The van der Waals surface area contributed by atoms with Crippen molar-refractivity contribution in [1.82, 2.24) is 9.55 Å². The number of carbonyl (C=O) groups is 2. The number of aromatic nitrogens is 2. The number of fused-ring (bicyclic) bond motifs is 1. The quantitative estimate of drug-likeness (QED) is 0.287. The van der Waals surface area contributed by atoms with E-state index in [1.165, 1.54) is 30.2 Å². The Bertz CT molecular complexity index is 1410. The van der Waals surface area contributed by atoms with Crippen LogP contribution in [0.15, 0.2) is 30.3 Å². The lowest BCUT2D eigenvalue weighted by Gasteiger charge is -2.34. The average Bonchev–Trinajstić information content (AvgIpc) is 3.24. The fraction of sp³-hybridized carbons (Fsp3) is 0.516. The van der Waals surface area contributed by atoms with E-state index in [-0.39, 0.29) is 47.0 Å². The van der Waals surface area contributed by atoms with Gasteiger partial charge in [-0.1, -0.05) is 20.8 Å². The zero-order valence-electron chi connectivity index (χ0n) is 25.2. The first-order valence-corrected chi connectivity index (χ1v) is 14.3. The molecule has 0 unspecified atom stereocenters. The molecule has 230 valence electrons. The number of amides is 1. The van der Waals surface area contributed by atoms with Gasteiger partial charge in [0.15, 0.2) is 0 Å². The number of ether oxygens (including phenoxy) is 2. The van der Waals surface area contributed by atoms with Gasteiger partial charge in [-0.25, -0.2) is 9.78 Å². The van der Waals surface area contributed by atoms with Gasteiger partial charge in [-0.3, -0.25) is 4.79 Å². The second-order valence-corrected chi connectivity index (χ2v) is 10.7. The lowest BCUT2D eigenvalue weighted by molar-refractivity contribution is -0.138. The monoisotopic (exact) mass is 591 g/mol. The summed E-state index contributed by atoms with van der Waals surface area (Å²) in [6, 6.07) is 5.77. The standard InChI is InChI=1S/C29H34F3N3O5.C2H6/c1-16(2)35(27(36)18-8-6-17(3)7-9-18)23-11-10-19(12-20(23)28(37)38)40-25-14-24-22(13-21(25)29(30,31)32)33-26(15-39-5)34(24)4;1-2/h10-14,16-18H,6-9,15H2,1-5H3,(H,37,38);1-2H3. The van der Waals surface area contributed by atoms with Crippen molar-refractivity contribution in [1.29, 1.82) is 0 Å².